The second kappa shape index (κ2) is 10.6. The van der Waals surface area contributed by atoms with Gasteiger partial charge in [0.15, 0.2) is 11.6 Å². The van der Waals surface area contributed by atoms with Crippen LogP contribution in [0.4, 0.5) is 0 Å². The Morgan fingerprint density at radius 2 is 2.03 bits per heavy atom. The number of nitrogens with one attached hydrogen (secondary N) is 1. The average Bonchev–Trinajstić information content (AvgIpc) is 3.32. The van der Waals surface area contributed by atoms with E-state index in [1.165, 1.54) is 0 Å². The highest BCUT2D eigenvalue weighted by Gasteiger charge is 2.27. The van der Waals surface area contributed by atoms with Gasteiger partial charge in [-0.1, -0.05) is 37.6 Å². The number of likely N-dealkylation sites (tertiary alicyclic amines) is 1. The normalized spacial score (nSPS) is 14.2. The van der Waals surface area contributed by atoms with Crippen LogP contribution in [0.15, 0.2) is 36.4 Å². The van der Waals surface area contributed by atoms with Gasteiger partial charge in [-0.2, -0.15) is 10.4 Å². The Morgan fingerprint density at radius 1 is 1.26 bits per heavy atom. The van der Waals surface area contributed by atoms with E-state index in [0.29, 0.717) is 37.3 Å². The van der Waals surface area contributed by atoms with Gasteiger partial charge >= 0.3 is 0 Å². The molecule has 7 heteroatoms. The third-order valence-corrected chi connectivity index (χ3v) is 6.56. The van der Waals surface area contributed by atoms with Crippen LogP contribution in [0.25, 0.3) is 11.4 Å². The van der Waals surface area contributed by atoms with Crippen molar-refractivity contribution in [1.29, 1.82) is 5.26 Å². The van der Waals surface area contributed by atoms with E-state index in [4.69, 9.17) is 4.74 Å². The minimum absolute atomic E-state index is 0.0596. The molecule has 7 nitrogen and oxygen atoms in total. The largest absolute Gasteiger partial charge is 0.377 e. The molecule has 0 saturated carbocycles. The molecule has 2 heterocycles. The highest BCUT2D eigenvalue weighted by molar-refractivity contribution is 5.97. The summed E-state index contributed by atoms with van der Waals surface area (Å²) in [5, 5.41) is 16.7. The molecule has 3 aromatic rings. The molecule has 1 N–H and O–H groups in total. The van der Waals surface area contributed by atoms with Crippen LogP contribution < -0.4 is 0 Å². The van der Waals surface area contributed by atoms with Crippen LogP contribution in [0.3, 0.4) is 0 Å². The van der Waals surface area contributed by atoms with Gasteiger partial charge in [0.1, 0.15) is 6.61 Å². The maximum absolute atomic E-state index is 13.7. The number of amides is 1. The number of nitrogens with zero attached hydrogens (tertiary/aromatic N) is 4. The number of aryl methyl sites for hydroxylation is 2. The Kier molecular flexibility index (Phi) is 7.39. The smallest absolute Gasteiger partial charge is 0.254 e. The number of hydrogen-bond acceptors (Lipinski definition) is 5. The molecule has 4 rings (SSSR count). The summed E-state index contributed by atoms with van der Waals surface area (Å²) >= 11 is 0. The molecule has 0 radical (unpaired) electrons. The molecule has 34 heavy (non-hydrogen) atoms. The molecular formula is C27H31N5O2. The zero-order chi connectivity index (χ0) is 24.1. The molecule has 1 aromatic heterocycles. The molecule has 176 valence electrons. The van der Waals surface area contributed by atoms with Crippen molar-refractivity contribution in [3.05, 3.63) is 70.0 Å². The molecule has 1 aliphatic rings. The number of aromatic amines is 1. The third kappa shape index (κ3) is 4.87. The first-order chi connectivity index (χ1) is 16.5. The van der Waals surface area contributed by atoms with Crippen molar-refractivity contribution >= 4 is 5.91 Å². The van der Waals surface area contributed by atoms with Crippen molar-refractivity contribution in [2.75, 3.05) is 20.2 Å². The van der Waals surface area contributed by atoms with Crippen molar-refractivity contribution in [2.24, 2.45) is 0 Å². The number of rotatable bonds is 7. The maximum Gasteiger partial charge on any atom is 0.254 e. The van der Waals surface area contributed by atoms with E-state index < -0.39 is 0 Å². The summed E-state index contributed by atoms with van der Waals surface area (Å²) in [7, 11) is 1.62. The Hall–Kier alpha value is -3.50. The van der Waals surface area contributed by atoms with Crippen molar-refractivity contribution in [3.8, 4) is 17.5 Å². The van der Waals surface area contributed by atoms with Crippen LogP contribution in [0, 0.1) is 18.3 Å². The van der Waals surface area contributed by atoms with E-state index in [-0.39, 0.29) is 5.91 Å². The number of carbonyl (C=O) groups is 1. The topological polar surface area (TPSA) is 94.9 Å². The molecule has 1 amide bonds. The minimum atomic E-state index is 0.0596. The van der Waals surface area contributed by atoms with Crippen LogP contribution >= 0.6 is 0 Å². The Morgan fingerprint density at radius 3 is 2.74 bits per heavy atom. The summed E-state index contributed by atoms with van der Waals surface area (Å²) in [5.41, 5.74) is 5.54. The second-order valence-corrected chi connectivity index (χ2v) is 8.88. The monoisotopic (exact) mass is 457 g/mol. The number of aromatic nitrogens is 3. The fourth-order valence-electron chi connectivity index (χ4n) is 4.82. The molecule has 1 aliphatic heterocycles. The van der Waals surface area contributed by atoms with Crippen molar-refractivity contribution in [1.82, 2.24) is 20.1 Å². The lowest BCUT2D eigenvalue weighted by Crippen LogP contribution is -2.38. The number of ether oxygens (including phenoxy) is 1. The number of benzene rings is 2. The van der Waals surface area contributed by atoms with Gasteiger partial charge in [-0.3, -0.25) is 9.89 Å². The van der Waals surface area contributed by atoms with Crippen LogP contribution in [0.2, 0.25) is 0 Å². The Bertz CT molecular complexity index is 1200. The van der Waals surface area contributed by atoms with Gasteiger partial charge in [0, 0.05) is 31.3 Å². The molecule has 0 aliphatic carbocycles. The quantitative estimate of drug-likeness (QED) is 0.551. The number of piperidine rings is 1. The van der Waals surface area contributed by atoms with Gasteiger partial charge in [0.25, 0.3) is 5.91 Å². The third-order valence-electron chi connectivity index (χ3n) is 6.56. The predicted molar refractivity (Wildman–Crippen MR) is 130 cm³/mol. The Labute approximate surface area is 200 Å². The lowest BCUT2D eigenvalue weighted by Gasteiger charge is -2.33. The molecule has 0 spiro atoms. The SMILES string of the molecule is CCCc1cc(C)c(-c2n[nH]c(COC)n2)cc1C(=O)N1CCC(c2ccccc2C#N)CC1. The fraction of sp³-hybridized carbons (Fsp3) is 0.407. The van der Waals surface area contributed by atoms with Gasteiger partial charge in [-0.15, -0.1) is 0 Å². The fourth-order valence-corrected chi connectivity index (χ4v) is 4.82. The number of hydrogen-bond donors (Lipinski definition) is 1. The average molecular weight is 458 g/mol. The predicted octanol–water partition coefficient (Wildman–Crippen LogP) is 4.77. The summed E-state index contributed by atoms with van der Waals surface area (Å²) in [6.07, 6.45) is 3.52. The van der Waals surface area contributed by atoms with Crippen molar-refractivity contribution in [3.63, 3.8) is 0 Å². The maximum atomic E-state index is 13.7. The first kappa shape index (κ1) is 23.7. The molecule has 1 saturated heterocycles. The first-order valence-corrected chi connectivity index (χ1v) is 11.9. The van der Waals surface area contributed by atoms with Crippen LogP contribution in [-0.2, 0) is 17.8 Å². The van der Waals surface area contributed by atoms with E-state index in [0.717, 1.165) is 59.1 Å². The highest BCUT2D eigenvalue weighted by atomic mass is 16.5. The number of nitriles is 1. The number of carbonyl (C=O) groups excluding carboxylic acids is 1. The molecule has 0 unspecified atom stereocenters. The summed E-state index contributed by atoms with van der Waals surface area (Å²) in [6.45, 7) is 5.87. The second-order valence-electron chi connectivity index (χ2n) is 8.88. The van der Waals surface area contributed by atoms with E-state index in [1.54, 1.807) is 7.11 Å². The van der Waals surface area contributed by atoms with Gasteiger partial charge < -0.3 is 9.64 Å². The summed E-state index contributed by atoms with van der Waals surface area (Å²) in [5.74, 6) is 1.59. The van der Waals surface area contributed by atoms with Gasteiger partial charge in [-0.05, 0) is 60.9 Å². The lowest BCUT2D eigenvalue weighted by molar-refractivity contribution is 0.0712. The zero-order valence-corrected chi connectivity index (χ0v) is 20.1. The highest BCUT2D eigenvalue weighted by Crippen LogP contribution is 2.32. The minimum Gasteiger partial charge on any atom is -0.377 e. The van der Waals surface area contributed by atoms with Crippen LogP contribution in [-0.4, -0.2) is 46.2 Å². The number of methoxy groups -OCH3 is 1. The Balaban J connectivity index is 1.58. The van der Waals surface area contributed by atoms with Crippen LogP contribution in [0.5, 0.6) is 0 Å². The van der Waals surface area contributed by atoms with Gasteiger partial charge in [0.05, 0.1) is 11.6 Å². The first-order valence-electron chi connectivity index (χ1n) is 11.9. The van der Waals surface area contributed by atoms with Gasteiger partial charge in [0.2, 0.25) is 0 Å². The van der Waals surface area contributed by atoms with E-state index in [1.807, 2.05) is 42.2 Å². The molecule has 0 bridgehead atoms. The number of H-pyrrole nitrogens is 1. The zero-order valence-electron chi connectivity index (χ0n) is 20.1. The lowest BCUT2D eigenvalue weighted by atomic mass is 9.86. The summed E-state index contributed by atoms with van der Waals surface area (Å²) in [6, 6.07) is 14.2. The summed E-state index contributed by atoms with van der Waals surface area (Å²) < 4.78 is 5.14. The van der Waals surface area contributed by atoms with E-state index in [9.17, 15) is 10.1 Å². The van der Waals surface area contributed by atoms with Crippen molar-refractivity contribution in [2.45, 2.75) is 52.1 Å². The molecular weight excluding hydrogens is 426 g/mol. The van der Waals surface area contributed by atoms with Gasteiger partial charge in [-0.25, -0.2) is 4.98 Å². The van der Waals surface area contributed by atoms with Crippen LogP contribution in [0.1, 0.15) is 70.5 Å². The molecule has 0 atom stereocenters. The van der Waals surface area contributed by atoms with E-state index in [2.05, 4.69) is 34.2 Å². The molecule has 2 aromatic carbocycles. The van der Waals surface area contributed by atoms with E-state index >= 15 is 0 Å². The molecule has 1 fully saturated rings. The van der Waals surface area contributed by atoms with Crippen molar-refractivity contribution < 1.29 is 9.53 Å². The standard InChI is InChI=1S/C27H31N5O2/c1-4-7-20-14-18(2)23(26-29-25(17-34-3)30-31-26)15-24(20)27(33)32-12-10-19(11-13-32)22-9-6-5-8-21(22)16-28/h5-6,8-9,14-15,19H,4,7,10-13,17H2,1-3H3,(H,29,30,31). The summed E-state index contributed by atoms with van der Waals surface area (Å²) in [4.78, 5) is 20.2.